The molecule has 91 heavy (non-hydrogen) atoms. The maximum Gasteiger partial charge on any atom is 0.245 e. The maximum absolute atomic E-state index is 14.9. The molecule has 0 radical (unpaired) electrons. The predicted octanol–water partition coefficient (Wildman–Crippen LogP) is -2.20. The van der Waals surface area contributed by atoms with Crippen LogP contribution in [0.1, 0.15) is 87.7 Å². The number of aliphatic hydroxyl groups excluding tert-OH is 1. The number of aromatic nitrogens is 6. The summed E-state index contributed by atoms with van der Waals surface area (Å²) >= 11 is 0. The molecule has 0 bridgehead atoms. The number of carbonyl (C=O) groups excluding carboxylic acids is 11. The van der Waals surface area contributed by atoms with Gasteiger partial charge in [-0.15, -0.1) is 0 Å². The van der Waals surface area contributed by atoms with Gasteiger partial charge in [0, 0.05) is 96.6 Å². The number of rotatable bonds is 33. The first-order valence-corrected chi connectivity index (χ1v) is 30.4. The Hall–Kier alpha value is -9.97. The van der Waals surface area contributed by atoms with Gasteiger partial charge in [0.15, 0.2) is 0 Å². The standard InChI is InChI=1S/C61H80N18O12/c1-33(2)20-44(54(84)74-45(21-34-25-66-40-12-5-3-10-38(34)40)55(85)72-43(14-7-8-18-62)61(91)79-19-9-15-50(79)60(90)68-29-51(63)81)73-57(87)48(24-37-28-65-32-70-37)77-59(89)49(30-80)78-56(86)46(22-35-26-67-41-13-6-4-11-39(35)41)75-58(88)47(23-36-27-64-31-69-36)76-53(83)42-16-17-52(82)71-42/h3-6,10-13,25-28,31-33,42-50,66-67,80H,7-9,14-24,29-30,62H2,1-2H3,(H2,63,81)(H,64,69)(H,65,70)(H,68,90)(H,71,82)(H,72,85)(H,73,87)(H,74,84)(H,75,88)(H,76,83)(H,77,89)(H,78,86)/t42-,43-,44-,45-,46-,47-,48-,49-,50-/m0/s1. The lowest BCUT2D eigenvalue weighted by Crippen LogP contribution is -2.61. The molecule has 0 spiro atoms. The number of fused-ring (bicyclic) bond motifs is 2. The predicted molar refractivity (Wildman–Crippen MR) is 330 cm³/mol. The Labute approximate surface area is 522 Å². The smallest absolute Gasteiger partial charge is 0.245 e. The molecular formula is C61H80N18O12. The molecule has 2 aliphatic rings. The van der Waals surface area contributed by atoms with Gasteiger partial charge in [0.2, 0.25) is 65.0 Å². The monoisotopic (exact) mass is 1260 g/mol. The summed E-state index contributed by atoms with van der Waals surface area (Å²) in [5.41, 5.74) is 14.6. The number of aliphatic hydroxyl groups is 1. The fourth-order valence-electron chi connectivity index (χ4n) is 11.3. The van der Waals surface area contributed by atoms with Crippen molar-refractivity contribution in [1.82, 2.24) is 82.7 Å². The maximum atomic E-state index is 14.9. The Morgan fingerprint density at radius 1 is 0.615 bits per heavy atom. The van der Waals surface area contributed by atoms with Crippen LogP contribution in [0, 0.1) is 5.92 Å². The van der Waals surface area contributed by atoms with Crippen LogP contribution in [-0.4, -0.2) is 186 Å². The molecule has 6 heterocycles. The number of imidazole rings is 2. The Balaban J connectivity index is 1.01. The molecule has 2 aliphatic heterocycles. The largest absolute Gasteiger partial charge is 0.394 e. The van der Waals surface area contributed by atoms with Crippen LogP contribution in [-0.2, 0) is 78.4 Å². The molecule has 0 saturated carbocycles. The second kappa shape index (κ2) is 32.0. The molecule has 2 fully saturated rings. The second-order valence-electron chi connectivity index (χ2n) is 23.2. The minimum absolute atomic E-state index is 0.0144. The first-order chi connectivity index (χ1) is 43.8. The van der Waals surface area contributed by atoms with Gasteiger partial charge in [-0.3, -0.25) is 52.7 Å². The Morgan fingerprint density at radius 3 is 1.60 bits per heavy atom. The molecule has 0 unspecified atom stereocenters. The van der Waals surface area contributed by atoms with Crippen LogP contribution in [0.2, 0.25) is 0 Å². The van der Waals surface area contributed by atoms with Gasteiger partial charge < -0.3 is 89.3 Å². The summed E-state index contributed by atoms with van der Waals surface area (Å²) in [6.07, 6.45) is 10.5. The molecule has 8 rings (SSSR count). The third-order valence-corrected chi connectivity index (χ3v) is 16.0. The number of primary amides is 1. The van der Waals surface area contributed by atoms with E-state index in [-0.39, 0.29) is 69.7 Å². The highest BCUT2D eigenvalue weighted by molar-refractivity contribution is 6.00. The van der Waals surface area contributed by atoms with E-state index in [0.717, 1.165) is 16.4 Å². The zero-order chi connectivity index (χ0) is 65.1. The lowest BCUT2D eigenvalue weighted by atomic mass is 9.99. The van der Waals surface area contributed by atoms with Gasteiger partial charge in [0.1, 0.15) is 54.4 Å². The summed E-state index contributed by atoms with van der Waals surface area (Å²) in [6, 6.07) is 2.72. The molecule has 0 aliphatic carbocycles. The van der Waals surface area contributed by atoms with Crippen molar-refractivity contribution in [3.8, 4) is 0 Å². The van der Waals surface area contributed by atoms with Gasteiger partial charge in [-0.05, 0) is 80.7 Å². The number of hydrogen-bond acceptors (Lipinski definition) is 15. The van der Waals surface area contributed by atoms with E-state index in [0.29, 0.717) is 60.1 Å². The molecule has 2 saturated heterocycles. The summed E-state index contributed by atoms with van der Waals surface area (Å²) in [5, 5.41) is 36.3. The van der Waals surface area contributed by atoms with Crippen LogP contribution in [0.3, 0.4) is 0 Å². The van der Waals surface area contributed by atoms with Crippen LogP contribution in [0.5, 0.6) is 0 Å². The number of nitrogens with zero attached hydrogens (tertiary/aromatic N) is 3. The van der Waals surface area contributed by atoms with Crippen molar-refractivity contribution >= 4 is 86.8 Å². The highest BCUT2D eigenvalue weighted by atomic mass is 16.3. The quantitative estimate of drug-likeness (QED) is 0.0195. The summed E-state index contributed by atoms with van der Waals surface area (Å²) in [7, 11) is 0. The van der Waals surface area contributed by atoms with Crippen LogP contribution in [0.25, 0.3) is 21.8 Å². The zero-order valence-electron chi connectivity index (χ0n) is 50.6. The number of hydrogen-bond donors (Lipinski definition) is 16. The number of benzene rings is 2. The van der Waals surface area contributed by atoms with E-state index < -0.39 is 127 Å². The van der Waals surface area contributed by atoms with Crippen molar-refractivity contribution in [2.45, 2.75) is 145 Å². The lowest BCUT2D eigenvalue weighted by Gasteiger charge is -2.30. The Bertz CT molecular complexity index is 3530. The topological polar surface area (TPSA) is 460 Å². The summed E-state index contributed by atoms with van der Waals surface area (Å²) in [4.78, 5) is 174. The molecule has 9 atom stereocenters. The van der Waals surface area contributed by atoms with E-state index in [1.165, 1.54) is 29.9 Å². The fourth-order valence-corrected chi connectivity index (χ4v) is 11.3. The van der Waals surface area contributed by atoms with Gasteiger partial charge in [0.25, 0.3) is 0 Å². The second-order valence-corrected chi connectivity index (χ2v) is 23.2. The van der Waals surface area contributed by atoms with E-state index in [1.807, 2.05) is 30.3 Å². The molecule has 18 N–H and O–H groups in total. The molecule has 2 aromatic carbocycles. The van der Waals surface area contributed by atoms with Crippen molar-refractivity contribution in [3.05, 3.63) is 108 Å². The molecular weight excluding hydrogens is 1180 g/mol. The minimum atomic E-state index is -1.75. The number of nitrogens with two attached hydrogens (primary N) is 2. The summed E-state index contributed by atoms with van der Waals surface area (Å²) < 4.78 is 0. The number of unbranched alkanes of at least 4 members (excludes halogenated alkanes) is 1. The van der Waals surface area contributed by atoms with Crippen molar-refractivity contribution in [1.29, 1.82) is 0 Å². The van der Waals surface area contributed by atoms with Gasteiger partial charge in [-0.25, -0.2) is 9.97 Å². The molecule has 11 amide bonds. The van der Waals surface area contributed by atoms with Crippen LogP contribution in [0.15, 0.2) is 86.0 Å². The van der Waals surface area contributed by atoms with Crippen molar-refractivity contribution in [3.63, 3.8) is 0 Å². The fraction of sp³-hybridized carbons (Fsp3) is 0.459. The zero-order valence-corrected chi connectivity index (χ0v) is 50.6. The van der Waals surface area contributed by atoms with E-state index in [1.54, 1.807) is 44.4 Å². The summed E-state index contributed by atoms with van der Waals surface area (Å²) in [6.45, 7) is 2.66. The van der Waals surface area contributed by atoms with Crippen molar-refractivity contribution in [2.75, 3.05) is 26.2 Å². The van der Waals surface area contributed by atoms with Crippen LogP contribution in [0.4, 0.5) is 0 Å². The van der Waals surface area contributed by atoms with Gasteiger partial charge in [0.05, 0.1) is 25.8 Å². The SMILES string of the molecule is CC(C)C[C@H](NC(=O)[C@H](Cc1cnc[nH]1)NC(=O)[C@H](CO)NC(=O)[C@H](Cc1c[nH]c2ccccc12)NC(=O)[C@H](Cc1cnc[nH]1)NC(=O)[C@@H]1CCC(=O)N1)C(=O)N[C@@H](Cc1c[nH]c2ccccc12)C(=O)N[C@@H](CCCCN)C(=O)N1CCC[C@H]1C(=O)NCC(N)=O. The number of nitrogens with one attached hydrogen (secondary N) is 13. The molecule has 30 nitrogen and oxygen atoms in total. The minimum Gasteiger partial charge on any atom is -0.394 e. The Morgan fingerprint density at radius 2 is 1.11 bits per heavy atom. The van der Waals surface area contributed by atoms with Crippen LogP contribution >= 0.6 is 0 Å². The molecule has 30 heteroatoms. The first kappa shape index (κ1) is 67.0. The number of carbonyl (C=O) groups is 11. The van der Waals surface area contributed by atoms with Gasteiger partial charge in [-0.2, -0.15) is 0 Å². The van der Waals surface area contributed by atoms with Crippen LogP contribution < -0.4 is 59.3 Å². The third kappa shape index (κ3) is 18.3. The average Bonchev–Trinajstić information content (AvgIpc) is 2.65. The first-order valence-electron chi connectivity index (χ1n) is 30.4. The van der Waals surface area contributed by atoms with Crippen molar-refractivity contribution in [2.24, 2.45) is 17.4 Å². The van der Waals surface area contributed by atoms with E-state index in [4.69, 9.17) is 11.5 Å². The molecule has 6 aromatic rings. The number of amides is 11. The number of aromatic amines is 4. The van der Waals surface area contributed by atoms with Crippen molar-refractivity contribution < 1.29 is 57.8 Å². The van der Waals surface area contributed by atoms with Gasteiger partial charge in [-0.1, -0.05) is 50.2 Å². The third-order valence-electron chi connectivity index (χ3n) is 16.0. The number of likely N-dealkylation sites (tertiary alicyclic amines) is 1. The summed E-state index contributed by atoms with van der Waals surface area (Å²) in [5.74, 6) is -8.35. The van der Waals surface area contributed by atoms with E-state index in [9.17, 15) is 57.8 Å². The average molecular weight is 1260 g/mol. The highest BCUT2D eigenvalue weighted by Crippen LogP contribution is 2.24. The number of H-pyrrole nitrogens is 4. The highest BCUT2D eigenvalue weighted by Gasteiger charge is 2.40. The molecule has 4 aromatic heterocycles. The van der Waals surface area contributed by atoms with E-state index in [2.05, 4.69) is 77.8 Å². The van der Waals surface area contributed by atoms with E-state index >= 15 is 0 Å². The Kier molecular flexibility index (Phi) is 23.5. The lowest BCUT2D eigenvalue weighted by molar-refractivity contribution is -0.142. The molecule has 486 valence electrons. The number of para-hydroxylation sites is 2. The van der Waals surface area contributed by atoms with Gasteiger partial charge >= 0.3 is 0 Å². The normalized spacial score (nSPS) is 17.0.